The first kappa shape index (κ1) is 20.2. The molecule has 1 aromatic carbocycles. The number of hydrogen-bond donors (Lipinski definition) is 3. The summed E-state index contributed by atoms with van der Waals surface area (Å²) < 4.78 is 38.2. The second kappa shape index (κ2) is 7.46. The minimum absolute atomic E-state index is 0.0659. The summed E-state index contributed by atoms with van der Waals surface area (Å²) >= 11 is 6.79. The van der Waals surface area contributed by atoms with Crippen LogP contribution in [0.3, 0.4) is 0 Å². The SMILES string of the molecule is O=C(Nc1scc(-c2ccc(Cl)cc2)c1C(=O)O)c1sc(C(F)(F)F)cc1O. The number of amides is 1. The average molecular weight is 448 g/mol. The Hall–Kier alpha value is -2.56. The van der Waals surface area contributed by atoms with Gasteiger partial charge in [0.1, 0.15) is 26.1 Å². The summed E-state index contributed by atoms with van der Waals surface area (Å²) in [6.45, 7) is 0. The number of carboxylic acid groups (broad SMARTS) is 1. The van der Waals surface area contributed by atoms with Gasteiger partial charge in [0.25, 0.3) is 5.91 Å². The van der Waals surface area contributed by atoms with Gasteiger partial charge in [-0.25, -0.2) is 4.79 Å². The number of benzene rings is 1. The molecule has 0 bridgehead atoms. The number of carboxylic acids is 1. The van der Waals surface area contributed by atoms with E-state index in [0.29, 0.717) is 22.2 Å². The Kier molecular flexibility index (Phi) is 5.37. The normalized spacial score (nSPS) is 11.4. The van der Waals surface area contributed by atoms with E-state index in [1.165, 1.54) is 5.38 Å². The molecule has 146 valence electrons. The van der Waals surface area contributed by atoms with Crippen molar-refractivity contribution in [2.45, 2.75) is 6.18 Å². The average Bonchev–Trinajstić information content (AvgIpc) is 3.19. The lowest BCUT2D eigenvalue weighted by atomic mass is 10.0. The number of nitrogens with one attached hydrogen (secondary N) is 1. The first-order chi connectivity index (χ1) is 13.1. The van der Waals surface area contributed by atoms with Crippen LogP contribution >= 0.6 is 34.3 Å². The number of carbonyl (C=O) groups is 2. The van der Waals surface area contributed by atoms with Crippen LogP contribution in [0.15, 0.2) is 35.7 Å². The van der Waals surface area contributed by atoms with Crippen LogP contribution in [0.4, 0.5) is 18.2 Å². The molecule has 1 amide bonds. The molecule has 0 aliphatic rings. The Morgan fingerprint density at radius 1 is 1.14 bits per heavy atom. The summed E-state index contributed by atoms with van der Waals surface area (Å²) in [6, 6.07) is 6.79. The van der Waals surface area contributed by atoms with Gasteiger partial charge in [-0.05, 0) is 17.7 Å². The molecule has 0 fully saturated rings. The highest BCUT2D eigenvalue weighted by atomic mass is 35.5. The van der Waals surface area contributed by atoms with Gasteiger partial charge in [-0.15, -0.1) is 22.7 Å². The molecule has 3 N–H and O–H groups in total. The second-order valence-electron chi connectivity index (χ2n) is 5.44. The molecule has 0 aliphatic heterocycles. The molecule has 11 heteroatoms. The summed E-state index contributed by atoms with van der Waals surface area (Å²) in [6.07, 6.45) is -4.71. The van der Waals surface area contributed by atoms with Gasteiger partial charge in [-0.1, -0.05) is 23.7 Å². The van der Waals surface area contributed by atoms with Gasteiger partial charge >= 0.3 is 12.1 Å². The molecular formula is C17H9ClF3NO4S2. The van der Waals surface area contributed by atoms with Gasteiger partial charge in [0.2, 0.25) is 0 Å². The fourth-order valence-electron chi connectivity index (χ4n) is 2.35. The summed E-state index contributed by atoms with van der Waals surface area (Å²) in [4.78, 5) is 22.3. The Morgan fingerprint density at radius 3 is 2.32 bits per heavy atom. The zero-order valence-corrected chi connectivity index (χ0v) is 15.9. The van der Waals surface area contributed by atoms with E-state index in [1.807, 2.05) is 0 Å². The molecule has 0 saturated carbocycles. The highest BCUT2D eigenvalue weighted by molar-refractivity contribution is 7.16. The summed E-state index contributed by atoms with van der Waals surface area (Å²) in [7, 11) is 0. The van der Waals surface area contributed by atoms with E-state index in [2.05, 4.69) is 5.32 Å². The van der Waals surface area contributed by atoms with E-state index in [0.717, 1.165) is 11.3 Å². The first-order valence-corrected chi connectivity index (χ1v) is 9.47. The number of aromatic hydroxyl groups is 1. The number of aromatic carboxylic acids is 1. The number of halogens is 4. The Bertz CT molecular complexity index is 1060. The van der Waals surface area contributed by atoms with Crippen LogP contribution in [0.25, 0.3) is 11.1 Å². The predicted molar refractivity (Wildman–Crippen MR) is 101 cm³/mol. The third-order valence-corrected chi connectivity index (χ3v) is 5.90. The van der Waals surface area contributed by atoms with Crippen LogP contribution in [0.2, 0.25) is 5.02 Å². The van der Waals surface area contributed by atoms with Gasteiger partial charge in [0, 0.05) is 22.0 Å². The Morgan fingerprint density at radius 2 is 1.79 bits per heavy atom. The van der Waals surface area contributed by atoms with Crippen LogP contribution in [0.1, 0.15) is 24.9 Å². The quantitative estimate of drug-likeness (QED) is 0.471. The molecule has 5 nitrogen and oxygen atoms in total. The van der Waals surface area contributed by atoms with Crippen molar-refractivity contribution in [1.82, 2.24) is 0 Å². The van der Waals surface area contributed by atoms with E-state index in [1.54, 1.807) is 24.3 Å². The van der Waals surface area contributed by atoms with Gasteiger partial charge < -0.3 is 15.5 Å². The van der Waals surface area contributed by atoms with E-state index < -0.39 is 33.6 Å². The van der Waals surface area contributed by atoms with Crippen LogP contribution in [0, 0.1) is 0 Å². The van der Waals surface area contributed by atoms with Crippen LogP contribution in [0.5, 0.6) is 5.75 Å². The smallest absolute Gasteiger partial charge is 0.425 e. The summed E-state index contributed by atoms with van der Waals surface area (Å²) in [5.41, 5.74) is 0.639. The van der Waals surface area contributed by atoms with Gasteiger partial charge in [0.05, 0.1) is 0 Å². The topological polar surface area (TPSA) is 86.6 Å². The second-order valence-corrected chi connectivity index (χ2v) is 7.81. The molecule has 2 aromatic heterocycles. The Balaban J connectivity index is 1.95. The van der Waals surface area contributed by atoms with Crippen molar-refractivity contribution in [3.05, 3.63) is 56.1 Å². The summed E-state index contributed by atoms with van der Waals surface area (Å²) in [5.74, 6) is -3.20. The van der Waals surface area contributed by atoms with E-state index in [9.17, 15) is 33.0 Å². The highest BCUT2D eigenvalue weighted by Gasteiger charge is 2.35. The lowest BCUT2D eigenvalue weighted by Gasteiger charge is -2.06. The predicted octanol–water partition coefficient (Wildman–Crippen LogP) is 5.80. The lowest BCUT2D eigenvalue weighted by molar-refractivity contribution is -0.134. The van der Waals surface area contributed by atoms with Crippen molar-refractivity contribution in [2.24, 2.45) is 0 Å². The summed E-state index contributed by atoms with van der Waals surface area (Å²) in [5, 5.41) is 23.3. The molecular weight excluding hydrogens is 439 g/mol. The van der Waals surface area contributed by atoms with Crippen LogP contribution in [-0.4, -0.2) is 22.1 Å². The van der Waals surface area contributed by atoms with Crippen molar-refractivity contribution in [2.75, 3.05) is 5.32 Å². The van der Waals surface area contributed by atoms with Gasteiger partial charge in [-0.3, -0.25) is 4.79 Å². The van der Waals surface area contributed by atoms with Crippen molar-refractivity contribution < 1.29 is 33.0 Å². The van der Waals surface area contributed by atoms with E-state index in [4.69, 9.17) is 11.6 Å². The number of anilines is 1. The van der Waals surface area contributed by atoms with Crippen molar-refractivity contribution >= 4 is 51.2 Å². The zero-order chi connectivity index (χ0) is 20.6. The fraction of sp³-hybridized carbons (Fsp3) is 0.0588. The fourth-order valence-corrected chi connectivity index (χ4v) is 4.24. The number of rotatable bonds is 4. The molecule has 0 radical (unpaired) electrons. The maximum Gasteiger partial charge on any atom is 0.425 e. The monoisotopic (exact) mass is 447 g/mol. The highest BCUT2D eigenvalue weighted by Crippen LogP contribution is 2.41. The van der Waals surface area contributed by atoms with Crippen LogP contribution < -0.4 is 5.32 Å². The maximum atomic E-state index is 12.7. The standard InChI is InChI=1S/C17H9ClF3NO4S2/c18-8-3-1-7(2-4-8)9-6-27-15(12(9)16(25)26)22-14(24)13-10(23)5-11(28-13)17(19,20)21/h1-6,23H,(H,22,24)(H,25,26). The minimum atomic E-state index is -4.71. The Labute approximate surface area is 168 Å². The third kappa shape index (κ3) is 3.98. The number of alkyl halides is 3. The van der Waals surface area contributed by atoms with Crippen molar-refractivity contribution in [1.29, 1.82) is 0 Å². The lowest BCUT2D eigenvalue weighted by Crippen LogP contribution is -2.12. The van der Waals surface area contributed by atoms with Crippen molar-refractivity contribution in [3.63, 3.8) is 0 Å². The number of hydrogen-bond acceptors (Lipinski definition) is 5. The maximum absolute atomic E-state index is 12.7. The number of carbonyl (C=O) groups excluding carboxylic acids is 1. The molecule has 0 aliphatic carbocycles. The molecule has 28 heavy (non-hydrogen) atoms. The third-order valence-electron chi connectivity index (χ3n) is 3.59. The molecule has 0 saturated heterocycles. The van der Waals surface area contributed by atoms with Gasteiger partial charge in [0.15, 0.2) is 0 Å². The van der Waals surface area contributed by atoms with Crippen molar-refractivity contribution in [3.8, 4) is 16.9 Å². The largest absolute Gasteiger partial charge is 0.506 e. The molecule has 3 rings (SSSR count). The number of thiophene rings is 2. The molecule has 3 aromatic rings. The molecule has 0 spiro atoms. The van der Waals surface area contributed by atoms with Gasteiger partial charge in [-0.2, -0.15) is 13.2 Å². The first-order valence-electron chi connectivity index (χ1n) is 7.40. The van der Waals surface area contributed by atoms with E-state index in [-0.39, 0.29) is 21.9 Å². The molecule has 0 atom stereocenters. The van der Waals surface area contributed by atoms with E-state index >= 15 is 0 Å². The van der Waals surface area contributed by atoms with Crippen LogP contribution in [-0.2, 0) is 6.18 Å². The minimum Gasteiger partial charge on any atom is -0.506 e. The zero-order valence-electron chi connectivity index (χ0n) is 13.5. The molecule has 0 unspecified atom stereocenters. The molecule has 2 heterocycles.